The molecule has 5 nitrogen and oxygen atoms in total. The second kappa shape index (κ2) is 10.7. The van der Waals surface area contributed by atoms with Gasteiger partial charge < -0.3 is 20.1 Å². The predicted octanol–water partition coefficient (Wildman–Crippen LogP) is 7.94. The maximum atomic E-state index is 13.0. The number of carbonyl (C=O) groups is 1. The molecule has 3 N–H and O–H groups in total. The summed E-state index contributed by atoms with van der Waals surface area (Å²) in [5.74, 6) is 2.18. The van der Waals surface area contributed by atoms with E-state index in [1.54, 1.807) is 30.3 Å². The Labute approximate surface area is 265 Å². The molecule has 11 unspecified atom stereocenters. The highest BCUT2D eigenvalue weighted by Gasteiger charge is 2.71. The Bertz CT molecular complexity index is 1310. The first-order valence-corrected chi connectivity index (χ1v) is 17.2. The van der Waals surface area contributed by atoms with Gasteiger partial charge in [0.1, 0.15) is 11.9 Å². The first-order chi connectivity index (χ1) is 20.6. The van der Waals surface area contributed by atoms with Crippen LogP contribution in [0.1, 0.15) is 105 Å². The van der Waals surface area contributed by atoms with Crippen LogP contribution in [0.4, 0.5) is 0 Å². The molecule has 0 aliphatic heterocycles. The third-order valence-electron chi connectivity index (χ3n) is 15.0. The highest BCUT2D eigenvalue weighted by atomic mass is 16.6. The van der Waals surface area contributed by atoms with Crippen LogP contribution in [0.15, 0.2) is 42.5 Å². The Morgan fingerprint density at radius 3 is 2.32 bits per heavy atom. The van der Waals surface area contributed by atoms with E-state index < -0.39 is 18.2 Å². The minimum Gasteiger partial charge on any atom is -0.508 e. The van der Waals surface area contributed by atoms with Gasteiger partial charge in [0, 0.05) is 18.1 Å². The number of phenolic OH excluding ortho intramolecular Hbond substituents is 1. The van der Waals surface area contributed by atoms with Gasteiger partial charge in [-0.1, -0.05) is 58.9 Å². The van der Waals surface area contributed by atoms with Crippen LogP contribution in [0.5, 0.6) is 5.75 Å². The van der Waals surface area contributed by atoms with Crippen molar-refractivity contribution in [1.82, 2.24) is 0 Å². The second-order valence-corrected chi connectivity index (χ2v) is 17.1. The fraction of sp³-hybridized carbons (Fsp3) is 0.718. The van der Waals surface area contributed by atoms with Crippen LogP contribution >= 0.6 is 0 Å². The van der Waals surface area contributed by atoms with Crippen molar-refractivity contribution in [2.45, 2.75) is 112 Å². The quantitative estimate of drug-likeness (QED) is 0.180. The summed E-state index contributed by atoms with van der Waals surface area (Å²) in [5.41, 5.74) is 2.06. The van der Waals surface area contributed by atoms with E-state index in [1.807, 2.05) is 0 Å². The maximum Gasteiger partial charge on any atom is 0.331 e. The standard InChI is InChI=1S/C39H56O5/c1-24(2)27-16-19-39(23-40)21-20-37(6)28(33(27)39)13-14-31-36(5)22-29(42)34(35(3,4)30(36)17-18-38(31,37)7)44-32(43)15-10-25-8-11-26(41)12-9-25/h8-12,15,27-31,33-34,40-42H,1,13-14,16-23H2,2-7H3. The number of hydrogen-bond acceptors (Lipinski definition) is 5. The van der Waals surface area contributed by atoms with E-state index in [-0.39, 0.29) is 32.8 Å². The maximum absolute atomic E-state index is 13.0. The van der Waals surface area contributed by atoms with Gasteiger partial charge >= 0.3 is 5.97 Å². The number of benzene rings is 1. The Morgan fingerprint density at radius 2 is 1.66 bits per heavy atom. The summed E-state index contributed by atoms with van der Waals surface area (Å²) in [6, 6.07) is 6.68. The van der Waals surface area contributed by atoms with Gasteiger partial charge in [0.25, 0.3) is 0 Å². The van der Waals surface area contributed by atoms with Gasteiger partial charge in [-0.3, -0.25) is 0 Å². The lowest BCUT2D eigenvalue weighted by Gasteiger charge is -2.73. The molecule has 1 aromatic rings. The first-order valence-electron chi connectivity index (χ1n) is 17.2. The van der Waals surface area contributed by atoms with E-state index in [2.05, 4.69) is 48.1 Å². The van der Waals surface area contributed by atoms with E-state index in [4.69, 9.17) is 4.74 Å². The fourth-order valence-electron chi connectivity index (χ4n) is 12.8. The molecule has 5 aliphatic carbocycles. The summed E-state index contributed by atoms with van der Waals surface area (Å²) < 4.78 is 6.07. The molecule has 0 bridgehead atoms. The molecule has 11 atom stereocenters. The molecule has 0 radical (unpaired) electrons. The molecule has 5 fully saturated rings. The van der Waals surface area contributed by atoms with Crippen LogP contribution in [0.2, 0.25) is 0 Å². The lowest BCUT2D eigenvalue weighted by atomic mass is 9.32. The molecular formula is C39H56O5. The van der Waals surface area contributed by atoms with E-state index in [1.165, 1.54) is 24.5 Å². The van der Waals surface area contributed by atoms with Gasteiger partial charge in [-0.15, -0.1) is 0 Å². The first kappa shape index (κ1) is 31.9. The number of ether oxygens (including phenoxy) is 1. The van der Waals surface area contributed by atoms with Crippen LogP contribution in [-0.4, -0.2) is 40.1 Å². The normalized spacial score (nSPS) is 46.0. The lowest BCUT2D eigenvalue weighted by molar-refractivity contribution is -0.266. The van der Waals surface area contributed by atoms with Crippen molar-refractivity contribution in [2.75, 3.05) is 6.61 Å². The zero-order valence-corrected chi connectivity index (χ0v) is 27.9. The third-order valence-corrected chi connectivity index (χ3v) is 15.0. The molecule has 6 rings (SSSR count). The second-order valence-electron chi connectivity index (χ2n) is 17.1. The Morgan fingerprint density at radius 1 is 0.955 bits per heavy atom. The number of phenols is 1. The molecule has 0 aromatic heterocycles. The van der Waals surface area contributed by atoms with Gasteiger partial charge in [0.15, 0.2) is 0 Å². The molecule has 5 saturated carbocycles. The van der Waals surface area contributed by atoms with E-state index in [0.29, 0.717) is 42.6 Å². The van der Waals surface area contributed by atoms with Gasteiger partial charge in [-0.2, -0.15) is 0 Å². The van der Waals surface area contributed by atoms with Crippen molar-refractivity contribution in [3.63, 3.8) is 0 Å². The molecule has 0 spiro atoms. The minimum atomic E-state index is -0.721. The number of allylic oxidation sites excluding steroid dienone is 1. The molecule has 242 valence electrons. The Hall–Kier alpha value is -2.11. The zero-order valence-electron chi connectivity index (χ0n) is 27.9. The van der Waals surface area contributed by atoms with Crippen LogP contribution in [-0.2, 0) is 9.53 Å². The molecular weight excluding hydrogens is 548 g/mol. The molecule has 5 aliphatic rings. The van der Waals surface area contributed by atoms with E-state index in [9.17, 15) is 20.1 Å². The summed E-state index contributed by atoms with van der Waals surface area (Å²) in [5, 5.41) is 32.1. The Balaban J connectivity index is 1.26. The molecule has 0 heterocycles. The minimum absolute atomic E-state index is 0.0505. The van der Waals surface area contributed by atoms with Crippen LogP contribution in [0, 0.1) is 56.7 Å². The van der Waals surface area contributed by atoms with E-state index in [0.717, 1.165) is 44.1 Å². The van der Waals surface area contributed by atoms with Crippen molar-refractivity contribution in [3.8, 4) is 5.75 Å². The summed E-state index contributed by atoms with van der Waals surface area (Å²) in [7, 11) is 0. The third kappa shape index (κ3) is 4.49. The summed E-state index contributed by atoms with van der Waals surface area (Å²) >= 11 is 0. The monoisotopic (exact) mass is 604 g/mol. The lowest BCUT2D eigenvalue weighted by Crippen LogP contribution is -2.68. The van der Waals surface area contributed by atoms with Crippen molar-refractivity contribution >= 4 is 12.0 Å². The number of carbonyl (C=O) groups excluding carboxylic acids is 1. The van der Waals surface area contributed by atoms with Crippen LogP contribution in [0.25, 0.3) is 6.08 Å². The number of fused-ring (bicyclic) bond motifs is 7. The predicted molar refractivity (Wildman–Crippen MR) is 174 cm³/mol. The summed E-state index contributed by atoms with van der Waals surface area (Å²) in [4.78, 5) is 13.0. The number of rotatable bonds is 5. The zero-order chi connectivity index (χ0) is 31.9. The highest BCUT2D eigenvalue weighted by molar-refractivity contribution is 5.87. The SMILES string of the molecule is C=C(C)C1CCC2(CO)CCC3(C)C(CCC4C5(C)CC(O)C(OC(=O)C=Cc6ccc(O)cc6)C(C)(C)C5CCC43C)C12. The van der Waals surface area contributed by atoms with Gasteiger partial charge in [0.05, 0.1) is 6.10 Å². The van der Waals surface area contributed by atoms with Crippen LogP contribution < -0.4 is 0 Å². The summed E-state index contributed by atoms with van der Waals surface area (Å²) in [6.45, 7) is 19.0. The Kier molecular flexibility index (Phi) is 7.76. The van der Waals surface area contributed by atoms with Crippen molar-refractivity contribution < 1.29 is 24.9 Å². The van der Waals surface area contributed by atoms with Crippen LogP contribution in [0.3, 0.4) is 0 Å². The fourth-order valence-corrected chi connectivity index (χ4v) is 12.8. The number of aliphatic hydroxyl groups excluding tert-OH is 2. The number of aromatic hydroxyl groups is 1. The molecule has 0 saturated heterocycles. The van der Waals surface area contributed by atoms with Crippen molar-refractivity contribution in [2.24, 2.45) is 56.7 Å². The number of aliphatic hydroxyl groups is 2. The summed E-state index contributed by atoms with van der Waals surface area (Å²) in [6.07, 6.45) is 11.6. The largest absolute Gasteiger partial charge is 0.508 e. The smallest absolute Gasteiger partial charge is 0.331 e. The van der Waals surface area contributed by atoms with Gasteiger partial charge in [-0.05, 0) is 140 Å². The highest BCUT2D eigenvalue weighted by Crippen LogP contribution is 2.77. The van der Waals surface area contributed by atoms with Crippen molar-refractivity contribution in [1.29, 1.82) is 0 Å². The van der Waals surface area contributed by atoms with Gasteiger partial charge in [0.2, 0.25) is 0 Å². The van der Waals surface area contributed by atoms with E-state index >= 15 is 0 Å². The number of hydrogen-bond donors (Lipinski definition) is 3. The number of esters is 1. The molecule has 44 heavy (non-hydrogen) atoms. The molecule has 5 heteroatoms. The van der Waals surface area contributed by atoms with Gasteiger partial charge in [-0.25, -0.2) is 4.79 Å². The molecule has 1 aromatic carbocycles. The average Bonchev–Trinajstić information content (AvgIpc) is 3.36. The topological polar surface area (TPSA) is 87.0 Å². The molecule has 0 amide bonds. The van der Waals surface area contributed by atoms with Crippen molar-refractivity contribution in [3.05, 3.63) is 48.1 Å². The average molecular weight is 605 g/mol.